The molecule has 0 saturated heterocycles. The first kappa shape index (κ1) is 121. The van der Waals surface area contributed by atoms with Crippen molar-refractivity contribution in [3.63, 3.8) is 0 Å². The summed E-state index contributed by atoms with van der Waals surface area (Å²) in [5.41, 5.74) is -1.75. The molecule has 0 amide bonds. The number of unbranched alkanes of at least 4 members (excludes halogenated alkanes) is 72. The summed E-state index contributed by atoms with van der Waals surface area (Å²) in [6.07, 6.45) is 114. The van der Waals surface area contributed by atoms with Crippen molar-refractivity contribution in [1.82, 2.24) is 0 Å². The Morgan fingerprint density at radius 1 is 0.224 bits per heavy atom. The minimum Gasteiger partial charge on any atom is -0.744 e. The van der Waals surface area contributed by atoms with E-state index in [0.29, 0.717) is 0 Å². The molecule has 2 aromatic carbocycles. The van der Waals surface area contributed by atoms with Gasteiger partial charge in [0.15, 0.2) is 0 Å². The van der Waals surface area contributed by atoms with Crippen molar-refractivity contribution in [2.24, 2.45) is 0 Å². The quantitative estimate of drug-likeness (QED) is 0.0150. The van der Waals surface area contributed by atoms with E-state index in [4.69, 9.17) is 18.9 Å². The number of hydrogen-bond donors (Lipinski definition) is 0. The van der Waals surface area contributed by atoms with E-state index in [1.807, 2.05) is 24.3 Å². The van der Waals surface area contributed by atoms with E-state index in [2.05, 4.69) is 27.7 Å². The zero-order chi connectivity index (χ0) is 90.1. The van der Waals surface area contributed by atoms with Gasteiger partial charge in [-0.3, -0.25) is 0 Å². The van der Waals surface area contributed by atoms with Crippen LogP contribution in [0.2, 0.25) is 0 Å². The van der Waals surface area contributed by atoms with E-state index >= 15 is 0 Å². The minimum absolute atomic E-state index is 0. The molecule has 0 aliphatic carbocycles. The fraction of sp³-hybridized carbons (Fsp3) is 0.778. The predicted molar refractivity (Wildman–Crippen MR) is 526 cm³/mol. The number of rotatable bonds is 90. The van der Waals surface area contributed by atoms with Gasteiger partial charge in [0, 0.05) is 0 Å². The summed E-state index contributed by atoms with van der Waals surface area (Å²) in [7, 11) is -10.1. The Morgan fingerprint density at radius 3 is 0.520 bits per heavy atom. The summed E-state index contributed by atoms with van der Waals surface area (Å²) in [5, 5.41) is 0. The maximum absolute atomic E-state index is 13.0. The molecular weight excluding hydrogens is 1630 g/mol. The van der Waals surface area contributed by atoms with Crippen LogP contribution < -0.4 is 0 Å². The van der Waals surface area contributed by atoms with Gasteiger partial charge < -0.3 is 28.1 Å². The van der Waals surface area contributed by atoms with Crippen molar-refractivity contribution in [2.45, 2.75) is 525 Å². The summed E-state index contributed by atoms with van der Waals surface area (Å²) >= 11 is 0. The molecule has 125 heavy (non-hydrogen) atoms. The Labute approximate surface area is 798 Å². The summed E-state index contributed by atoms with van der Waals surface area (Å²) in [6.45, 7) is 8.86. The van der Waals surface area contributed by atoms with Crippen LogP contribution in [0, 0.1) is 0 Å². The van der Waals surface area contributed by atoms with Crippen LogP contribution >= 0.6 is 0 Å². The van der Waals surface area contributed by atoms with E-state index in [-0.39, 0.29) is 75.3 Å². The summed E-state index contributed by atoms with van der Waals surface area (Å²) in [6, 6.07) is 7.11. The van der Waals surface area contributed by atoms with Gasteiger partial charge in [-0.1, -0.05) is 525 Å². The van der Waals surface area contributed by atoms with E-state index in [0.717, 1.165) is 76.3 Å². The molecule has 0 aliphatic heterocycles. The Kier molecular flexibility index (Phi) is 89.5. The topological polar surface area (TPSA) is 220 Å². The smallest absolute Gasteiger partial charge is 0.744 e. The molecule has 2 aromatic rings. The molecule has 0 heterocycles. The van der Waals surface area contributed by atoms with Gasteiger partial charge in [0.2, 0.25) is 0 Å². The average molecular weight is 1810 g/mol. The molecule has 2 rings (SSSR count). The van der Waals surface area contributed by atoms with Gasteiger partial charge >= 0.3 is 61.6 Å². The molecule has 17 heteroatoms. The molecule has 0 atom stereocenters. The predicted octanol–water partition coefficient (Wildman–Crippen LogP) is 33.4. The molecule has 716 valence electrons. The monoisotopic (exact) mass is 1810 g/mol. The van der Waals surface area contributed by atoms with Crippen LogP contribution in [0.4, 0.5) is 0 Å². The van der Waals surface area contributed by atoms with Crippen LogP contribution in [0.5, 0.6) is 0 Å². The number of carbonyl (C=O) groups is 4. The second kappa shape index (κ2) is 92.2. The molecule has 0 fully saturated rings. The summed E-state index contributed by atoms with van der Waals surface area (Å²) in [5.74, 6) is -3.86. The maximum atomic E-state index is 13.0. The van der Waals surface area contributed by atoms with Gasteiger partial charge in [-0.05, 0) is 75.6 Å². The van der Waals surface area contributed by atoms with Crippen molar-refractivity contribution < 1.29 is 64.1 Å². The molecule has 0 N–H and O–H groups in total. The number of ether oxygens (including phenoxy) is 4. The summed E-state index contributed by atoms with van der Waals surface area (Å²) < 4.78 is 93.4. The first-order valence-electron chi connectivity index (χ1n) is 52.1. The van der Waals surface area contributed by atoms with Gasteiger partial charge in [0.1, 0.15) is 46.7 Å². The van der Waals surface area contributed by atoms with Crippen LogP contribution in [0.1, 0.15) is 557 Å². The number of allylic oxidation sites excluding steroid dienone is 4. The van der Waals surface area contributed by atoms with Gasteiger partial charge in [-0.25, -0.2) is 36.0 Å². The third-order valence-corrected chi connectivity index (χ3v) is 26.0. The molecule has 0 unspecified atom stereocenters. The standard InChI is InChI=1S/2C54H94O7S.Ca/c2*1-3-5-7-9-11-13-15-17-19-21-23-25-27-29-31-33-35-37-39-41-43-48-60-53(55)50-46-45-47-51(62(57,58)59)52(50)54(56)61-49-44-42-40-38-36-34-32-30-28-26-24-22-20-18-16-14-12-10-8-6-4-2;/h2*41-47H,3-40,48-49H2,1-2H3,(H,57,58,59);/q;;+2/p-2/b2*43-41+,44-42+;. The van der Waals surface area contributed by atoms with E-state index < -0.39 is 65.0 Å². The van der Waals surface area contributed by atoms with Crippen LogP contribution in [0.25, 0.3) is 0 Å². The fourth-order valence-corrected chi connectivity index (χ4v) is 17.8. The SMILES string of the molecule is CCCCCCCCCCCCCCCCCCCC/C=C/COC(=O)c1cccc(S(=O)(=O)[O-])c1C(=O)OC/C=C/CCCCCCCCCCCCCCCCCCCC.CCCCCCCCCCCCCCCCCCCC/C=C/COC(=O)c1cccc(S(=O)(=O)[O-])c1C(=O)OC/C=C/CCCCCCCCCCCCCCCCCCCC.[Ca+2]. The zero-order valence-corrected chi connectivity index (χ0v) is 84.7. The Hall–Kier alpha value is -3.64. The Bertz CT molecular complexity index is 2950. The maximum Gasteiger partial charge on any atom is 2.00 e. The van der Waals surface area contributed by atoms with Crippen molar-refractivity contribution >= 4 is 81.9 Å². The number of hydrogen-bond acceptors (Lipinski definition) is 14. The number of carbonyl (C=O) groups excluding carboxylic acids is 4. The van der Waals surface area contributed by atoms with Gasteiger partial charge in [0.25, 0.3) is 0 Å². The molecular formula is C108H186CaO14S2. The molecule has 0 bridgehead atoms. The number of benzene rings is 2. The van der Waals surface area contributed by atoms with Crippen molar-refractivity contribution in [1.29, 1.82) is 0 Å². The first-order valence-corrected chi connectivity index (χ1v) is 54.9. The third kappa shape index (κ3) is 76.6. The zero-order valence-electron chi connectivity index (χ0n) is 80.9. The average Bonchev–Trinajstić information content (AvgIpc) is 0.795. The molecule has 0 spiro atoms. The second-order valence-electron chi connectivity index (χ2n) is 35.7. The molecule has 14 nitrogen and oxygen atoms in total. The van der Waals surface area contributed by atoms with Crippen LogP contribution in [-0.4, -0.2) is 114 Å². The van der Waals surface area contributed by atoms with Crippen molar-refractivity contribution in [2.75, 3.05) is 26.4 Å². The number of esters is 4. The third-order valence-electron chi connectivity index (χ3n) is 24.2. The van der Waals surface area contributed by atoms with Crippen LogP contribution in [-0.2, 0) is 39.2 Å². The molecule has 0 radical (unpaired) electrons. The van der Waals surface area contributed by atoms with E-state index in [9.17, 15) is 45.1 Å². The minimum atomic E-state index is -5.05. The van der Waals surface area contributed by atoms with E-state index in [1.54, 1.807) is 24.3 Å². The van der Waals surface area contributed by atoms with Crippen molar-refractivity contribution in [3.05, 3.63) is 107 Å². The molecule has 0 saturated carbocycles. The van der Waals surface area contributed by atoms with Gasteiger partial charge in [-0.15, -0.1) is 0 Å². The van der Waals surface area contributed by atoms with Gasteiger partial charge in [-0.2, -0.15) is 0 Å². The van der Waals surface area contributed by atoms with Crippen molar-refractivity contribution in [3.8, 4) is 0 Å². The Balaban J connectivity index is 0.00000244. The summed E-state index contributed by atoms with van der Waals surface area (Å²) in [4.78, 5) is 50.4. The van der Waals surface area contributed by atoms with Crippen LogP contribution in [0.3, 0.4) is 0 Å². The normalized spacial score (nSPS) is 11.8. The molecule has 0 aliphatic rings. The largest absolute Gasteiger partial charge is 2.00 e. The molecule has 0 aromatic heterocycles. The Morgan fingerprint density at radius 2 is 0.368 bits per heavy atom. The fourth-order valence-electron chi connectivity index (χ4n) is 16.4. The second-order valence-corrected chi connectivity index (χ2v) is 38.4. The van der Waals surface area contributed by atoms with E-state index in [1.165, 1.54) is 448 Å². The van der Waals surface area contributed by atoms with Gasteiger partial charge in [0.05, 0.1) is 32.0 Å². The first-order chi connectivity index (χ1) is 60.6. The van der Waals surface area contributed by atoms with Crippen LogP contribution in [0.15, 0.2) is 94.8 Å².